The minimum atomic E-state index is 0.196. The van der Waals surface area contributed by atoms with Crippen LogP contribution in [0.15, 0.2) is 0 Å². The number of thioether (sulfide) groups is 1. The summed E-state index contributed by atoms with van der Waals surface area (Å²) in [6.45, 7) is 2.09. The van der Waals surface area contributed by atoms with Crippen LogP contribution in [0.2, 0.25) is 0 Å². The lowest BCUT2D eigenvalue weighted by atomic mass is 10.3. The first-order chi connectivity index (χ1) is 5.29. The fourth-order valence-electron chi connectivity index (χ4n) is 0.862. The molecule has 62 valence electrons. The maximum absolute atomic E-state index is 10.9. The maximum atomic E-state index is 10.9. The van der Waals surface area contributed by atoms with Gasteiger partial charge in [-0.05, 0) is 17.7 Å². The van der Waals surface area contributed by atoms with E-state index >= 15 is 0 Å². The zero-order valence-electron chi connectivity index (χ0n) is 6.15. The fourth-order valence-corrected chi connectivity index (χ4v) is 2.87. The predicted octanol–water partition coefficient (Wildman–Crippen LogP) is 1.90. The first-order valence-electron chi connectivity index (χ1n) is 3.33. The number of thiocarbonyl (C=S) groups is 1. The summed E-state index contributed by atoms with van der Waals surface area (Å²) in [6.07, 6.45) is 0.675. The Morgan fingerprint density at radius 1 is 1.91 bits per heavy atom. The molecule has 1 heterocycles. The van der Waals surface area contributed by atoms with Crippen molar-refractivity contribution in [3.8, 4) is 0 Å². The lowest BCUT2D eigenvalue weighted by Crippen LogP contribution is -2.45. The highest BCUT2D eigenvalue weighted by Gasteiger charge is 2.36. The molecule has 11 heavy (non-hydrogen) atoms. The topological polar surface area (TPSA) is 20.3 Å². The smallest absolute Gasteiger partial charge is 0.236 e. The highest BCUT2D eigenvalue weighted by molar-refractivity contribution is 8.20. The van der Waals surface area contributed by atoms with Crippen molar-refractivity contribution in [2.75, 3.05) is 5.75 Å². The van der Waals surface area contributed by atoms with Crippen molar-refractivity contribution in [1.82, 2.24) is 4.31 Å². The van der Waals surface area contributed by atoms with Crippen molar-refractivity contribution >= 4 is 46.5 Å². The maximum Gasteiger partial charge on any atom is 0.236 e. The summed E-state index contributed by atoms with van der Waals surface area (Å²) in [4.78, 5) is 10.9. The van der Waals surface area contributed by atoms with Crippen LogP contribution in [0.1, 0.15) is 13.3 Å². The largest absolute Gasteiger partial charge is 0.274 e. The summed E-state index contributed by atoms with van der Waals surface area (Å²) in [5.41, 5.74) is 0. The molecule has 0 aromatic carbocycles. The lowest BCUT2D eigenvalue weighted by molar-refractivity contribution is -0.133. The van der Waals surface area contributed by atoms with E-state index in [2.05, 4.69) is 19.1 Å². The molecule has 0 N–H and O–H groups in total. The standard InChI is InChI=1S/C6H9NOS3/c1-2-10-6-3-5(8)7(6)11-4-9/h4,6H,2-3H2,1H3. The van der Waals surface area contributed by atoms with Crippen molar-refractivity contribution in [3.63, 3.8) is 0 Å². The molecule has 1 unspecified atom stereocenters. The summed E-state index contributed by atoms with van der Waals surface area (Å²) in [5, 5.41) is 0.358. The Balaban J connectivity index is 2.34. The molecule has 1 amide bonds. The number of rotatable bonds is 4. The molecule has 1 atom stereocenters. The van der Waals surface area contributed by atoms with Crippen LogP contribution >= 0.6 is 35.9 Å². The zero-order valence-corrected chi connectivity index (χ0v) is 8.60. The molecule has 5 heteroatoms. The van der Waals surface area contributed by atoms with Gasteiger partial charge in [-0.2, -0.15) is 0 Å². The number of amides is 1. The van der Waals surface area contributed by atoms with E-state index in [1.54, 1.807) is 16.1 Å². The Morgan fingerprint density at radius 3 is 3.09 bits per heavy atom. The molecule has 0 radical (unpaired) electrons. The highest BCUT2D eigenvalue weighted by Crippen LogP contribution is 2.34. The van der Waals surface area contributed by atoms with Crippen molar-refractivity contribution < 1.29 is 4.79 Å². The van der Waals surface area contributed by atoms with Gasteiger partial charge in [-0.1, -0.05) is 19.1 Å². The highest BCUT2D eigenvalue weighted by atomic mass is 32.2. The SMILES string of the molecule is CCSC1CC(=O)N1SC=S. The zero-order chi connectivity index (χ0) is 8.27. The molecule has 0 spiro atoms. The second-order valence-corrected chi connectivity index (χ2v) is 4.86. The molecular formula is C6H9NOS3. The van der Waals surface area contributed by atoms with Gasteiger partial charge in [0.2, 0.25) is 5.91 Å². The van der Waals surface area contributed by atoms with E-state index in [-0.39, 0.29) is 5.91 Å². The predicted molar refractivity (Wildman–Crippen MR) is 54.6 cm³/mol. The molecule has 1 rings (SSSR count). The first kappa shape index (κ1) is 9.35. The van der Waals surface area contributed by atoms with Crippen LogP contribution < -0.4 is 0 Å². The molecule has 1 aliphatic rings. The van der Waals surface area contributed by atoms with Gasteiger partial charge >= 0.3 is 0 Å². The lowest BCUT2D eigenvalue weighted by Gasteiger charge is -2.37. The Morgan fingerprint density at radius 2 is 2.64 bits per heavy atom. The third-order valence-corrected chi connectivity index (χ3v) is 3.63. The molecular weight excluding hydrogens is 198 g/mol. The van der Waals surface area contributed by atoms with Gasteiger partial charge in [0.25, 0.3) is 0 Å². The summed E-state index contributed by atoms with van der Waals surface area (Å²) < 4.78 is 3.27. The van der Waals surface area contributed by atoms with Crippen LogP contribution in [-0.4, -0.2) is 26.0 Å². The minimum absolute atomic E-state index is 0.196. The van der Waals surface area contributed by atoms with Gasteiger partial charge in [-0.3, -0.25) is 9.10 Å². The van der Waals surface area contributed by atoms with Gasteiger partial charge < -0.3 is 0 Å². The van der Waals surface area contributed by atoms with Crippen LogP contribution in [0.3, 0.4) is 0 Å². The van der Waals surface area contributed by atoms with Crippen molar-refractivity contribution in [2.24, 2.45) is 0 Å². The average Bonchev–Trinajstić information content (AvgIpc) is 2.00. The van der Waals surface area contributed by atoms with Gasteiger partial charge in [0, 0.05) is 0 Å². The summed E-state index contributed by atoms with van der Waals surface area (Å²) in [6, 6.07) is 0. The Bertz CT molecular complexity index is 173. The van der Waals surface area contributed by atoms with E-state index in [9.17, 15) is 4.79 Å². The van der Waals surface area contributed by atoms with E-state index < -0.39 is 0 Å². The third kappa shape index (κ3) is 2.10. The Kier molecular flexibility index (Phi) is 3.68. The third-order valence-electron chi connectivity index (χ3n) is 1.37. The van der Waals surface area contributed by atoms with Crippen molar-refractivity contribution in [1.29, 1.82) is 0 Å². The van der Waals surface area contributed by atoms with Gasteiger partial charge in [-0.25, -0.2) is 0 Å². The Labute approximate surface area is 80.2 Å². The quantitative estimate of drug-likeness (QED) is 0.398. The fraction of sp³-hybridized carbons (Fsp3) is 0.667. The number of carbonyl (C=O) groups is 1. The van der Waals surface area contributed by atoms with E-state index in [0.29, 0.717) is 11.8 Å². The second kappa shape index (κ2) is 4.33. The molecule has 1 saturated heterocycles. The van der Waals surface area contributed by atoms with E-state index in [0.717, 1.165) is 5.75 Å². The number of β-lactam (4-membered cyclic amide) rings is 1. The summed E-state index contributed by atoms with van der Waals surface area (Å²) >= 11 is 7.77. The minimum Gasteiger partial charge on any atom is -0.274 e. The van der Waals surface area contributed by atoms with Gasteiger partial charge in [0.15, 0.2) is 0 Å². The Hall–Kier alpha value is 0.260. The first-order valence-corrected chi connectivity index (χ1v) is 5.69. The van der Waals surface area contributed by atoms with E-state index in [1.807, 2.05) is 0 Å². The van der Waals surface area contributed by atoms with Gasteiger partial charge in [0.05, 0.1) is 16.5 Å². The van der Waals surface area contributed by atoms with Crippen LogP contribution in [0.5, 0.6) is 0 Å². The molecule has 0 aliphatic carbocycles. The molecule has 2 nitrogen and oxygen atoms in total. The van der Waals surface area contributed by atoms with Gasteiger partial charge in [0.1, 0.15) is 0 Å². The summed E-state index contributed by atoms with van der Waals surface area (Å²) in [7, 11) is 0. The van der Waals surface area contributed by atoms with Gasteiger partial charge in [-0.15, -0.1) is 11.8 Å². The number of hydrogen-bond acceptors (Lipinski definition) is 4. The number of carbonyl (C=O) groups excluding carboxylic acids is 1. The summed E-state index contributed by atoms with van der Waals surface area (Å²) in [5.74, 6) is 1.24. The average molecular weight is 207 g/mol. The number of hydrogen-bond donors (Lipinski definition) is 0. The molecule has 0 aromatic rings. The van der Waals surface area contributed by atoms with Crippen LogP contribution in [-0.2, 0) is 4.79 Å². The van der Waals surface area contributed by atoms with E-state index in [4.69, 9.17) is 0 Å². The van der Waals surface area contributed by atoms with Crippen LogP contribution in [0.25, 0.3) is 0 Å². The second-order valence-electron chi connectivity index (χ2n) is 2.04. The van der Waals surface area contributed by atoms with E-state index in [1.165, 1.54) is 16.6 Å². The van der Waals surface area contributed by atoms with Crippen LogP contribution in [0, 0.1) is 0 Å². The van der Waals surface area contributed by atoms with Crippen molar-refractivity contribution in [2.45, 2.75) is 18.7 Å². The van der Waals surface area contributed by atoms with Crippen LogP contribution in [0.4, 0.5) is 0 Å². The normalized spacial score (nSPS) is 23.2. The molecule has 0 aromatic heterocycles. The molecule has 0 bridgehead atoms. The molecule has 1 fully saturated rings. The molecule has 1 aliphatic heterocycles. The molecule has 0 saturated carbocycles. The monoisotopic (exact) mass is 207 g/mol. The van der Waals surface area contributed by atoms with Crippen molar-refractivity contribution in [3.05, 3.63) is 0 Å². The number of nitrogens with zero attached hydrogens (tertiary/aromatic N) is 1.